The largest absolute Gasteiger partial charge is 0.472 e. The van der Waals surface area contributed by atoms with Crippen LogP contribution in [0.1, 0.15) is 18.1 Å². The maximum absolute atomic E-state index is 9.27. The summed E-state index contributed by atoms with van der Waals surface area (Å²) in [6, 6.07) is 1.74. The first-order valence-corrected chi connectivity index (χ1v) is 3.25. The zero-order valence-electron chi connectivity index (χ0n) is 5.66. The molecule has 0 amide bonds. The molecule has 0 unspecified atom stereocenters. The summed E-state index contributed by atoms with van der Waals surface area (Å²) >= 11 is 0. The molecule has 56 valence electrons. The van der Waals surface area contributed by atoms with Crippen molar-refractivity contribution in [3.05, 3.63) is 24.2 Å². The molecule has 3 N–H and O–H groups in total. The Labute approximate surface area is 59.5 Å². The summed E-state index contributed by atoms with van der Waals surface area (Å²) < 4.78 is 4.78. The number of nitrogens with two attached hydrogens (primary N) is 1. The average Bonchev–Trinajstić information content (AvgIpc) is 2.38. The van der Waals surface area contributed by atoms with Crippen LogP contribution in [0.4, 0.5) is 0 Å². The Kier molecular flexibility index (Phi) is 2.48. The van der Waals surface area contributed by atoms with Crippen LogP contribution >= 0.6 is 0 Å². The van der Waals surface area contributed by atoms with Crippen molar-refractivity contribution in [2.24, 2.45) is 5.73 Å². The van der Waals surface area contributed by atoms with Crippen LogP contribution in [0.3, 0.4) is 0 Å². The van der Waals surface area contributed by atoms with Crippen molar-refractivity contribution >= 4 is 0 Å². The highest BCUT2D eigenvalue weighted by molar-refractivity contribution is 5.08. The highest BCUT2D eigenvalue weighted by atomic mass is 16.3. The predicted octanol–water partition coefficient (Wildman–Crippen LogP) is 0.662. The Bertz CT molecular complexity index is 172. The highest BCUT2D eigenvalue weighted by Gasteiger charge is 2.05. The third kappa shape index (κ3) is 1.59. The molecule has 0 aliphatic carbocycles. The molecule has 1 heterocycles. The van der Waals surface area contributed by atoms with Crippen molar-refractivity contribution < 1.29 is 9.52 Å². The van der Waals surface area contributed by atoms with E-state index < -0.39 is 6.10 Å². The maximum Gasteiger partial charge on any atom is 0.0960 e. The Hall–Kier alpha value is -0.800. The minimum atomic E-state index is -0.469. The third-order valence-electron chi connectivity index (χ3n) is 1.37. The molecule has 0 aliphatic rings. The van der Waals surface area contributed by atoms with Gasteiger partial charge in [0.05, 0.1) is 18.6 Å². The van der Waals surface area contributed by atoms with E-state index in [9.17, 15) is 5.11 Å². The van der Waals surface area contributed by atoms with Gasteiger partial charge in [0, 0.05) is 5.56 Å². The van der Waals surface area contributed by atoms with Crippen molar-refractivity contribution in [1.82, 2.24) is 0 Å². The van der Waals surface area contributed by atoms with Crippen molar-refractivity contribution in [1.29, 1.82) is 0 Å². The van der Waals surface area contributed by atoms with E-state index in [0.717, 1.165) is 5.56 Å². The lowest BCUT2D eigenvalue weighted by Crippen LogP contribution is -2.05. The van der Waals surface area contributed by atoms with Crippen LogP contribution in [0.2, 0.25) is 0 Å². The van der Waals surface area contributed by atoms with Gasteiger partial charge in [-0.2, -0.15) is 0 Å². The molecule has 0 aromatic carbocycles. The minimum Gasteiger partial charge on any atom is -0.472 e. The summed E-state index contributed by atoms with van der Waals surface area (Å²) in [5.41, 5.74) is 6.04. The fraction of sp³-hybridized carbons (Fsp3) is 0.429. The number of furan rings is 1. The molecule has 3 nitrogen and oxygen atoms in total. The molecule has 1 aromatic rings. The zero-order valence-corrected chi connectivity index (χ0v) is 5.66. The lowest BCUT2D eigenvalue weighted by molar-refractivity contribution is 0.169. The summed E-state index contributed by atoms with van der Waals surface area (Å²) in [6.07, 6.45) is 3.18. The van der Waals surface area contributed by atoms with Gasteiger partial charge in [0.1, 0.15) is 0 Å². The highest BCUT2D eigenvalue weighted by Crippen LogP contribution is 2.15. The van der Waals surface area contributed by atoms with Gasteiger partial charge in [-0.3, -0.25) is 0 Å². The molecule has 0 aliphatic heterocycles. The van der Waals surface area contributed by atoms with E-state index >= 15 is 0 Å². The summed E-state index contributed by atoms with van der Waals surface area (Å²) in [5.74, 6) is 0. The predicted molar refractivity (Wildman–Crippen MR) is 37.3 cm³/mol. The van der Waals surface area contributed by atoms with E-state index in [1.807, 2.05) is 0 Å². The van der Waals surface area contributed by atoms with E-state index in [1.165, 1.54) is 12.5 Å². The molecule has 1 rings (SSSR count). The van der Waals surface area contributed by atoms with Gasteiger partial charge in [0.25, 0.3) is 0 Å². The smallest absolute Gasteiger partial charge is 0.0960 e. The van der Waals surface area contributed by atoms with Gasteiger partial charge < -0.3 is 15.3 Å². The number of aliphatic hydroxyl groups is 1. The number of hydrogen-bond donors (Lipinski definition) is 2. The van der Waals surface area contributed by atoms with Crippen LogP contribution in [0, 0.1) is 0 Å². The quantitative estimate of drug-likeness (QED) is 0.650. The number of hydrogen-bond acceptors (Lipinski definition) is 3. The zero-order chi connectivity index (χ0) is 7.40. The monoisotopic (exact) mass is 141 g/mol. The van der Waals surface area contributed by atoms with Crippen LogP contribution < -0.4 is 5.73 Å². The Morgan fingerprint density at radius 2 is 2.50 bits per heavy atom. The molecule has 0 saturated carbocycles. The molecule has 3 heteroatoms. The Balaban J connectivity index is 2.50. The van der Waals surface area contributed by atoms with Crippen molar-refractivity contribution in [3.8, 4) is 0 Å². The van der Waals surface area contributed by atoms with Gasteiger partial charge in [-0.05, 0) is 19.0 Å². The lowest BCUT2D eigenvalue weighted by atomic mass is 10.1. The van der Waals surface area contributed by atoms with Crippen LogP contribution in [0.25, 0.3) is 0 Å². The average molecular weight is 141 g/mol. The van der Waals surface area contributed by atoms with Gasteiger partial charge in [0.2, 0.25) is 0 Å². The van der Waals surface area contributed by atoms with E-state index in [1.54, 1.807) is 6.07 Å². The fourth-order valence-electron chi connectivity index (χ4n) is 0.789. The van der Waals surface area contributed by atoms with Crippen molar-refractivity contribution in [2.45, 2.75) is 12.5 Å². The SMILES string of the molecule is NCC[C@@H](O)c1ccoc1. The minimum absolute atomic E-state index is 0.469. The molecule has 10 heavy (non-hydrogen) atoms. The first kappa shape index (κ1) is 7.31. The maximum atomic E-state index is 9.27. The normalized spacial score (nSPS) is 13.4. The molecular weight excluding hydrogens is 130 g/mol. The Morgan fingerprint density at radius 1 is 1.70 bits per heavy atom. The molecular formula is C7H11NO2. The van der Waals surface area contributed by atoms with Gasteiger partial charge in [0.15, 0.2) is 0 Å². The van der Waals surface area contributed by atoms with E-state index in [4.69, 9.17) is 10.2 Å². The van der Waals surface area contributed by atoms with Gasteiger partial charge >= 0.3 is 0 Å². The van der Waals surface area contributed by atoms with Crippen molar-refractivity contribution in [3.63, 3.8) is 0 Å². The Morgan fingerprint density at radius 3 is 3.00 bits per heavy atom. The second-order valence-electron chi connectivity index (χ2n) is 2.15. The standard InChI is InChI=1S/C7H11NO2/c8-3-1-7(9)6-2-4-10-5-6/h2,4-5,7,9H,1,3,8H2/t7-/m1/s1. The van der Waals surface area contributed by atoms with E-state index in [0.29, 0.717) is 13.0 Å². The van der Waals surface area contributed by atoms with Gasteiger partial charge in [-0.1, -0.05) is 0 Å². The molecule has 1 aromatic heterocycles. The van der Waals surface area contributed by atoms with Crippen LogP contribution in [0.15, 0.2) is 23.0 Å². The molecule has 0 saturated heterocycles. The second-order valence-corrected chi connectivity index (χ2v) is 2.15. The fourth-order valence-corrected chi connectivity index (χ4v) is 0.789. The number of aliphatic hydroxyl groups excluding tert-OH is 1. The summed E-state index contributed by atoms with van der Waals surface area (Å²) in [4.78, 5) is 0. The van der Waals surface area contributed by atoms with E-state index in [2.05, 4.69) is 0 Å². The van der Waals surface area contributed by atoms with E-state index in [-0.39, 0.29) is 0 Å². The molecule has 0 bridgehead atoms. The molecule has 0 radical (unpaired) electrons. The van der Waals surface area contributed by atoms with Crippen molar-refractivity contribution in [2.75, 3.05) is 6.54 Å². The van der Waals surface area contributed by atoms with Crippen LogP contribution in [-0.4, -0.2) is 11.7 Å². The topological polar surface area (TPSA) is 59.4 Å². The van der Waals surface area contributed by atoms with Crippen LogP contribution in [0.5, 0.6) is 0 Å². The summed E-state index contributed by atoms with van der Waals surface area (Å²) in [5, 5.41) is 9.27. The molecule has 1 atom stereocenters. The summed E-state index contributed by atoms with van der Waals surface area (Å²) in [6.45, 7) is 0.492. The van der Waals surface area contributed by atoms with Crippen LogP contribution in [-0.2, 0) is 0 Å². The second kappa shape index (κ2) is 3.39. The first-order valence-electron chi connectivity index (χ1n) is 3.25. The molecule has 0 spiro atoms. The first-order chi connectivity index (χ1) is 4.84. The summed E-state index contributed by atoms with van der Waals surface area (Å²) in [7, 11) is 0. The lowest BCUT2D eigenvalue weighted by Gasteiger charge is -2.03. The van der Waals surface area contributed by atoms with Gasteiger partial charge in [-0.25, -0.2) is 0 Å². The third-order valence-corrected chi connectivity index (χ3v) is 1.37. The molecule has 0 fully saturated rings. The number of rotatable bonds is 3. The van der Waals surface area contributed by atoms with Gasteiger partial charge in [-0.15, -0.1) is 0 Å².